The molecule has 0 aliphatic carbocycles. The monoisotopic (exact) mass is 391 g/mol. The minimum absolute atomic E-state index is 0.146. The van der Waals surface area contributed by atoms with Crippen LogP contribution in [0.1, 0.15) is 40.6 Å². The lowest BCUT2D eigenvalue weighted by molar-refractivity contribution is 0.0677. The summed E-state index contributed by atoms with van der Waals surface area (Å²) in [5, 5.41) is 3.56. The molecule has 2 heterocycles. The lowest BCUT2D eigenvalue weighted by Crippen LogP contribution is -2.39. The average molecular weight is 392 g/mol. The number of pyridine rings is 1. The first-order valence-corrected chi connectivity index (χ1v) is 9.21. The molecule has 0 spiro atoms. The van der Waals surface area contributed by atoms with E-state index in [0.717, 1.165) is 25.9 Å². The molecule has 1 saturated heterocycles. The normalized spacial score (nSPS) is 17.0. The number of benzene rings is 1. The molecule has 3 rings (SSSR count). The van der Waals surface area contributed by atoms with Crippen LogP contribution in [0.5, 0.6) is 0 Å². The molecule has 1 atom stereocenters. The van der Waals surface area contributed by atoms with Crippen molar-refractivity contribution in [2.24, 2.45) is 5.92 Å². The van der Waals surface area contributed by atoms with Crippen molar-refractivity contribution >= 4 is 40.7 Å². The minimum atomic E-state index is -0.377. The third-order valence-corrected chi connectivity index (χ3v) is 4.93. The fourth-order valence-corrected chi connectivity index (χ4v) is 3.35. The van der Waals surface area contributed by atoms with Gasteiger partial charge in [0.25, 0.3) is 11.8 Å². The molecule has 1 aliphatic heterocycles. The molecule has 1 aliphatic rings. The van der Waals surface area contributed by atoms with Crippen LogP contribution in [0, 0.1) is 5.92 Å². The standard InChI is InChI=1S/C19H19Cl2N3O2/c1-12-3-2-8-24(11-12)19(26)17-9-13(6-7-22-17)18(25)23-16-10-14(20)4-5-15(16)21/h4-7,9-10,12H,2-3,8,11H2,1H3,(H,23,25). The van der Waals surface area contributed by atoms with Crippen LogP contribution in [0.15, 0.2) is 36.5 Å². The Morgan fingerprint density at radius 2 is 2.04 bits per heavy atom. The van der Waals surface area contributed by atoms with Crippen molar-refractivity contribution in [2.45, 2.75) is 19.8 Å². The Bertz CT molecular complexity index is 841. The van der Waals surface area contributed by atoms with Gasteiger partial charge in [-0.05, 0) is 49.1 Å². The fourth-order valence-electron chi connectivity index (χ4n) is 3.01. The quantitative estimate of drug-likeness (QED) is 0.836. The van der Waals surface area contributed by atoms with Gasteiger partial charge in [0, 0.05) is 29.9 Å². The third-order valence-electron chi connectivity index (χ3n) is 4.36. The second-order valence-electron chi connectivity index (χ2n) is 6.51. The van der Waals surface area contributed by atoms with Gasteiger partial charge >= 0.3 is 0 Å². The number of halogens is 2. The molecule has 1 aromatic carbocycles. The van der Waals surface area contributed by atoms with E-state index in [0.29, 0.717) is 27.2 Å². The molecule has 0 bridgehead atoms. The van der Waals surface area contributed by atoms with Crippen molar-refractivity contribution in [1.82, 2.24) is 9.88 Å². The average Bonchev–Trinajstić information content (AvgIpc) is 2.64. The summed E-state index contributed by atoms with van der Waals surface area (Å²) < 4.78 is 0. The number of carbonyl (C=O) groups is 2. The molecule has 2 amide bonds. The van der Waals surface area contributed by atoms with Crippen LogP contribution < -0.4 is 5.32 Å². The smallest absolute Gasteiger partial charge is 0.272 e. The van der Waals surface area contributed by atoms with Gasteiger partial charge in [-0.15, -0.1) is 0 Å². The second kappa shape index (κ2) is 8.06. The highest BCUT2D eigenvalue weighted by Gasteiger charge is 2.23. The molecular formula is C19H19Cl2N3O2. The summed E-state index contributed by atoms with van der Waals surface area (Å²) in [5.41, 5.74) is 1.02. The number of hydrogen-bond donors (Lipinski definition) is 1. The van der Waals surface area contributed by atoms with Crippen LogP contribution in [0.4, 0.5) is 5.69 Å². The molecule has 1 unspecified atom stereocenters. The molecule has 1 N–H and O–H groups in total. The Morgan fingerprint density at radius 3 is 2.81 bits per heavy atom. The number of anilines is 1. The van der Waals surface area contributed by atoms with Crippen molar-refractivity contribution in [3.8, 4) is 0 Å². The lowest BCUT2D eigenvalue weighted by atomic mass is 10.00. The molecular weight excluding hydrogens is 373 g/mol. The molecule has 2 aromatic rings. The number of rotatable bonds is 3. The summed E-state index contributed by atoms with van der Waals surface area (Å²) in [5.74, 6) is -0.0474. The first-order chi connectivity index (χ1) is 12.4. The van der Waals surface area contributed by atoms with E-state index >= 15 is 0 Å². The molecule has 1 fully saturated rings. The summed E-state index contributed by atoms with van der Waals surface area (Å²) >= 11 is 12.0. The maximum absolute atomic E-state index is 12.7. The van der Waals surface area contributed by atoms with Crippen molar-refractivity contribution in [1.29, 1.82) is 0 Å². The first kappa shape index (κ1) is 18.7. The number of aromatic nitrogens is 1. The van der Waals surface area contributed by atoms with E-state index in [9.17, 15) is 9.59 Å². The molecule has 26 heavy (non-hydrogen) atoms. The van der Waals surface area contributed by atoms with Crippen molar-refractivity contribution in [3.63, 3.8) is 0 Å². The second-order valence-corrected chi connectivity index (χ2v) is 7.35. The van der Waals surface area contributed by atoms with Crippen LogP contribution in [0.2, 0.25) is 10.0 Å². The lowest BCUT2D eigenvalue weighted by Gasteiger charge is -2.30. The van der Waals surface area contributed by atoms with E-state index < -0.39 is 0 Å². The largest absolute Gasteiger partial charge is 0.337 e. The van der Waals surface area contributed by atoms with Gasteiger partial charge in [-0.2, -0.15) is 0 Å². The van der Waals surface area contributed by atoms with Crippen LogP contribution in [-0.4, -0.2) is 34.8 Å². The Kier molecular flexibility index (Phi) is 5.79. The fraction of sp³-hybridized carbons (Fsp3) is 0.316. The van der Waals surface area contributed by atoms with Gasteiger partial charge in [0.2, 0.25) is 0 Å². The van der Waals surface area contributed by atoms with E-state index in [2.05, 4.69) is 17.2 Å². The van der Waals surface area contributed by atoms with E-state index in [1.54, 1.807) is 29.2 Å². The van der Waals surface area contributed by atoms with E-state index in [1.165, 1.54) is 12.3 Å². The summed E-state index contributed by atoms with van der Waals surface area (Å²) in [4.78, 5) is 31.1. The Balaban J connectivity index is 1.77. The number of likely N-dealkylation sites (tertiary alicyclic amines) is 1. The highest BCUT2D eigenvalue weighted by molar-refractivity contribution is 6.35. The van der Waals surface area contributed by atoms with Gasteiger partial charge in [-0.25, -0.2) is 0 Å². The molecule has 5 nitrogen and oxygen atoms in total. The summed E-state index contributed by atoms with van der Waals surface area (Å²) in [6, 6.07) is 7.89. The zero-order chi connectivity index (χ0) is 18.7. The van der Waals surface area contributed by atoms with E-state index in [-0.39, 0.29) is 17.5 Å². The summed E-state index contributed by atoms with van der Waals surface area (Å²) in [6.45, 7) is 3.57. The first-order valence-electron chi connectivity index (χ1n) is 8.46. The van der Waals surface area contributed by atoms with Crippen LogP contribution in [0.3, 0.4) is 0 Å². The van der Waals surface area contributed by atoms with E-state index in [1.807, 2.05) is 0 Å². The number of hydrogen-bond acceptors (Lipinski definition) is 3. The van der Waals surface area contributed by atoms with Gasteiger partial charge in [-0.3, -0.25) is 14.6 Å². The number of nitrogens with zero attached hydrogens (tertiary/aromatic N) is 2. The predicted octanol–water partition coefficient (Wildman–Crippen LogP) is 4.51. The van der Waals surface area contributed by atoms with Crippen molar-refractivity contribution in [2.75, 3.05) is 18.4 Å². The SMILES string of the molecule is CC1CCCN(C(=O)c2cc(C(=O)Nc3cc(Cl)ccc3Cl)ccn2)C1. The third kappa shape index (κ3) is 4.34. The maximum Gasteiger partial charge on any atom is 0.272 e. The van der Waals surface area contributed by atoms with Gasteiger partial charge in [0.1, 0.15) is 5.69 Å². The summed E-state index contributed by atoms with van der Waals surface area (Å²) in [7, 11) is 0. The predicted molar refractivity (Wildman–Crippen MR) is 103 cm³/mol. The van der Waals surface area contributed by atoms with Gasteiger partial charge in [0.15, 0.2) is 0 Å². The summed E-state index contributed by atoms with van der Waals surface area (Å²) in [6.07, 6.45) is 3.58. The van der Waals surface area contributed by atoms with Crippen LogP contribution in [0.25, 0.3) is 0 Å². The molecule has 0 radical (unpaired) electrons. The molecule has 0 saturated carbocycles. The molecule has 7 heteroatoms. The molecule has 1 aromatic heterocycles. The zero-order valence-electron chi connectivity index (χ0n) is 14.3. The van der Waals surface area contributed by atoms with Crippen molar-refractivity contribution < 1.29 is 9.59 Å². The van der Waals surface area contributed by atoms with Crippen molar-refractivity contribution in [3.05, 3.63) is 57.8 Å². The number of piperidine rings is 1. The Morgan fingerprint density at radius 1 is 1.23 bits per heavy atom. The number of carbonyl (C=O) groups excluding carboxylic acids is 2. The number of amides is 2. The number of nitrogens with one attached hydrogen (secondary N) is 1. The van der Waals surface area contributed by atoms with Gasteiger partial charge < -0.3 is 10.2 Å². The Labute approximate surface area is 162 Å². The van der Waals surface area contributed by atoms with Crippen LogP contribution >= 0.6 is 23.2 Å². The highest BCUT2D eigenvalue weighted by atomic mass is 35.5. The van der Waals surface area contributed by atoms with Gasteiger partial charge in [-0.1, -0.05) is 30.1 Å². The minimum Gasteiger partial charge on any atom is -0.337 e. The maximum atomic E-state index is 12.7. The van der Waals surface area contributed by atoms with E-state index in [4.69, 9.17) is 23.2 Å². The van der Waals surface area contributed by atoms with Crippen LogP contribution in [-0.2, 0) is 0 Å². The zero-order valence-corrected chi connectivity index (χ0v) is 15.8. The highest BCUT2D eigenvalue weighted by Crippen LogP contribution is 2.26. The topological polar surface area (TPSA) is 62.3 Å². The molecule has 136 valence electrons. The Hall–Kier alpha value is -2.11. The van der Waals surface area contributed by atoms with Gasteiger partial charge in [0.05, 0.1) is 10.7 Å².